The fraction of sp³-hybridized carbons (Fsp3) is 0.125. The summed E-state index contributed by atoms with van der Waals surface area (Å²) in [5, 5.41) is 0.415. The molecule has 0 saturated heterocycles. The molecular formula is C16H10Br2N2S2. The highest BCUT2D eigenvalue weighted by Crippen LogP contribution is 2.48. The molecule has 1 unspecified atom stereocenters. The molecule has 0 bridgehead atoms. The molecule has 0 N–H and O–H groups in total. The lowest BCUT2D eigenvalue weighted by Gasteiger charge is -2.13. The molecular weight excluding hydrogens is 444 g/mol. The predicted octanol–water partition coefficient (Wildman–Crippen LogP) is 6.54. The van der Waals surface area contributed by atoms with E-state index < -0.39 is 0 Å². The van der Waals surface area contributed by atoms with Crippen molar-refractivity contribution in [1.29, 1.82) is 0 Å². The Labute approximate surface area is 153 Å². The molecule has 110 valence electrons. The summed E-state index contributed by atoms with van der Waals surface area (Å²) in [7, 11) is 0. The van der Waals surface area contributed by atoms with Gasteiger partial charge in [0.15, 0.2) is 0 Å². The highest BCUT2D eigenvalue weighted by molar-refractivity contribution is 9.14. The number of rotatable bonds is 2. The van der Waals surface area contributed by atoms with Crippen LogP contribution in [0.1, 0.15) is 17.2 Å². The summed E-state index contributed by atoms with van der Waals surface area (Å²) in [4.78, 5) is 10.4. The first-order chi connectivity index (χ1) is 10.7. The zero-order valence-electron chi connectivity index (χ0n) is 11.3. The molecule has 22 heavy (non-hydrogen) atoms. The standard InChI is InChI=1S/C16H10Br2N2S2/c17-13-5-3-11(21-13)9-1-2-10(12-4-6-14(18)22-12)16-15(9)19-7-8-20-16/h1-3,5-8,12H,4H2. The van der Waals surface area contributed by atoms with Gasteiger partial charge < -0.3 is 0 Å². The molecule has 0 saturated carbocycles. The van der Waals surface area contributed by atoms with Crippen molar-refractivity contribution in [3.63, 3.8) is 0 Å². The van der Waals surface area contributed by atoms with Crippen LogP contribution in [-0.4, -0.2) is 9.97 Å². The van der Waals surface area contributed by atoms with Gasteiger partial charge in [0.05, 0.1) is 14.8 Å². The summed E-state index contributed by atoms with van der Waals surface area (Å²) in [6.45, 7) is 0. The average Bonchev–Trinajstić information content (AvgIpc) is 3.15. The second kappa shape index (κ2) is 6.07. The Morgan fingerprint density at radius 2 is 1.82 bits per heavy atom. The topological polar surface area (TPSA) is 25.8 Å². The van der Waals surface area contributed by atoms with E-state index in [0.29, 0.717) is 5.25 Å². The van der Waals surface area contributed by atoms with Crippen LogP contribution in [0.15, 0.2) is 50.3 Å². The fourth-order valence-corrected chi connectivity index (χ4v) is 5.87. The van der Waals surface area contributed by atoms with Gasteiger partial charge in [-0.05, 0) is 56.0 Å². The summed E-state index contributed by atoms with van der Waals surface area (Å²) < 4.78 is 2.34. The maximum Gasteiger partial charge on any atom is 0.0976 e. The van der Waals surface area contributed by atoms with Gasteiger partial charge >= 0.3 is 0 Å². The first kappa shape index (κ1) is 14.9. The maximum absolute atomic E-state index is 4.62. The molecule has 6 heteroatoms. The summed E-state index contributed by atoms with van der Waals surface area (Å²) >= 11 is 10.7. The SMILES string of the molecule is BrC1=CCC(c2ccc(-c3ccc(Br)s3)c3nccnc23)S1. The average molecular weight is 454 g/mol. The number of nitrogens with zero attached hydrogens (tertiary/aromatic N) is 2. The fourth-order valence-electron chi connectivity index (χ4n) is 2.62. The van der Waals surface area contributed by atoms with Crippen LogP contribution >= 0.6 is 55.0 Å². The van der Waals surface area contributed by atoms with E-state index in [1.807, 2.05) is 11.8 Å². The third-order valence-corrected chi connectivity index (χ3v) is 7.25. The van der Waals surface area contributed by atoms with Crippen LogP contribution in [0.3, 0.4) is 0 Å². The van der Waals surface area contributed by atoms with Gasteiger partial charge in [-0.15, -0.1) is 23.1 Å². The third kappa shape index (κ3) is 2.66. The van der Waals surface area contributed by atoms with Crippen LogP contribution in [0.5, 0.6) is 0 Å². The second-order valence-electron chi connectivity index (χ2n) is 4.91. The van der Waals surface area contributed by atoms with Crippen LogP contribution in [-0.2, 0) is 0 Å². The van der Waals surface area contributed by atoms with Crippen molar-refractivity contribution in [3.8, 4) is 10.4 Å². The Bertz CT molecular complexity index is 889. The molecule has 0 radical (unpaired) electrons. The molecule has 3 aromatic rings. The monoisotopic (exact) mass is 452 g/mol. The summed E-state index contributed by atoms with van der Waals surface area (Å²) in [6.07, 6.45) is 6.80. The van der Waals surface area contributed by atoms with Gasteiger partial charge in [-0.25, -0.2) is 0 Å². The van der Waals surface area contributed by atoms with Gasteiger partial charge in [-0.1, -0.05) is 18.2 Å². The lowest BCUT2D eigenvalue weighted by molar-refractivity contribution is 0.994. The Morgan fingerprint density at radius 1 is 1.00 bits per heavy atom. The minimum atomic E-state index is 0.415. The molecule has 1 aliphatic heterocycles. The van der Waals surface area contributed by atoms with Gasteiger partial charge in [-0.3, -0.25) is 9.97 Å². The van der Waals surface area contributed by atoms with Crippen molar-refractivity contribution in [2.75, 3.05) is 0 Å². The van der Waals surface area contributed by atoms with Crippen LogP contribution < -0.4 is 0 Å². The molecule has 1 aliphatic rings. The van der Waals surface area contributed by atoms with E-state index in [1.165, 1.54) is 14.3 Å². The predicted molar refractivity (Wildman–Crippen MR) is 103 cm³/mol. The van der Waals surface area contributed by atoms with E-state index in [-0.39, 0.29) is 0 Å². The maximum atomic E-state index is 4.62. The van der Waals surface area contributed by atoms with Crippen LogP contribution in [0.25, 0.3) is 21.5 Å². The number of halogens is 2. The number of fused-ring (bicyclic) bond motifs is 1. The number of thiophene rings is 1. The van der Waals surface area contributed by atoms with Gasteiger partial charge in [-0.2, -0.15) is 0 Å². The number of aromatic nitrogens is 2. The quantitative estimate of drug-likeness (QED) is 0.440. The lowest BCUT2D eigenvalue weighted by Crippen LogP contribution is -1.95. The van der Waals surface area contributed by atoms with Gasteiger partial charge in [0, 0.05) is 31.9 Å². The van der Waals surface area contributed by atoms with Gasteiger partial charge in [0.1, 0.15) is 0 Å². The minimum absolute atomic E-state index is 0.415. The molecule has 1 aromatic carbocycles. The first-order valence-electron chi connectivity index (χ1n) is 6.74. The number of allylic oxidation sites excluding steroid dienone is 1. The van der Waals surface area contributed by atoms with Crippen LogP contribution in [0.2, 0.25) is 0 Å². The summed E-state index contributed by atoms with van der Waals surface area (Å²) in [5.74, 6) is 0. The largest absolute Gasteiger partial charge is 0.253 e. The molecule has 1 atom stereocenters. The first-order valence-corrected chi connectivity index (χ1v) is 10.0. The smallest absolute Gasteiger partial charge is 0.0976 e. The highest BCUT2D eigenvalue weighted by atomic mass is 79.9. The van der Waals surface area contributed by atoms with Crippen LogP contribution in [0.4, 0.5) is 0 Å². The van der Waals surface area contributed by atoms with Gasteiger partial charge in [0.25, 0.3) is 0 Å². The molecule has 0 spiro atoms. The van der Waals surface area contributed by atoms with Gasteiger partial charge in [0.2, 0.25) is 0 Å². The Balaban J connectivity index is 1.89. The Hall–Kier alpha value is -0.690. The Kier molecular flexibility index (Phi) is 4.11. The van der Waals surface area contributed by atoms with Crippen molar-refractivity contribution < 1.29 is 0 Å². The number of hydrogen-bond acceptors (Lipinski definition) is 4. The van der Waals surface area contributed by atoms with E-state index in [9.17, 15) is 0 Å². The molecule has 0 amide bonds. The molecule has 4 rings (SSSR count). The Morgan fingerprint density at radius 3 is 2.50 bits per heavy atom. The molecule has 3 heterocycles. The molecule has 0 aliphatic carbocycles. The number of thioether (sulfide) groups is 1. The molecule has 2 aromatic heterocycles. The molecule has 0 fully saturated rings. The van der Waals surface area contributed by atoms with E-state index >= 15 is 0 Å². The zero-order chi connectivity index (χ0) is 15.1. The van der Waals surface area contributed by atoms with Crippen molar-refractivity contribution in [3.05, 3.63) is 55.9 Å². The van der Waals surface area contributed by atoms with Crippen molar-refractivity contribution in [2.24, 2.45) is 0 Å². The lowest BCUT2D eigenvalue weighted by atomic mass is 10.0. The zero-order valence-corrected chi connectivity index (χ0v) is 16.1. The third-order valence-electron chi connectivity index (χ3n) is 3.59. The number of hydrogen-bond donors (Lipinski definition) is 0. The van der Waals surface area contributed by atoms with E-state index in [1.54, 1.807) is 23.7 Å². The van der Waals surface area contributed by atoms with Crippen molar-refractivity contribution in [1.82, 2.24) is 9.97 Å². The van der Waals surface area contributed by atoms with Crippen molar-refractivity contribution >= 4 is 66.0 Å². The highest BCUT2D eigenvalue weighted by Gasteiger charge is 2.22. The van der Waals surface area contributed by atoms with E-state index in [2.05, 4.69) is 72.2 Å². The van der Waals surface area contributed by atoms with Crippen molar-refractivity contribution in [2.45, 2.75) is 11.7 Å². The summed E-state index contributed by atoms with van der Waals surface area (Å²) in [5.41, 5.74) is 4.41. The summed E-state index contributed by atoms with van der Waals surface area (Å²) in [6, 6.07) is 8.58. The second-order valence-corrected chi connectivity index (χ2v) is 10.00. The normalized spacial score (nSPS) is 17.9. The van der Waals surface area contributed by atoms with E-state index in [4.69, 9.17) is 0 Å². The van der Waals surface area contributed by atoms with E-state index in [0.717, 1.165) is 26.8 Å². The van der Waals surface area contributed by atoms with Crippen LogP contribution in [0, 0.1) is 0 Å². The molecule has 2 nitrogen and oxygen atoms in total. The minimum Gasteiger partial charge on any atom is -0.253 e. The number of benzene rings is 1.